The molecule has 114 valence electrons. The summed E-state index contributed by atoms with van der Waals surface area (Å²) in [5, 5.41) is 7.55. The van der Waals surface area contributed by atoms with Crippen LogP contribution in [0.15, 0.2) is 46.6 Å². The Morgan fingerprint density at radius 1 is 0.818 bits per heavy atom. The molecule has 0 radical (unpaired) electrons. The average molecular weight is 300 g/mol. The van der Waals surface area contributed by atoms with E-state index in [1.54, 1.807) is 6.21 Å². The van der Waals surface area contributed by atoms with Crippen LogP contribution in [-0.2, 0) is 12.8 Å². The number of nitrogens with zero attached hydrogens (tertiary/aromatic N) is 2. The second-order valence-corrected chi connectivity index (χ2v) is 4.91. The molecule has 0 spiro atoms. The van der Waals surface area contributed by atoms with Gasteiger partial charge in [0.15, 0.2) is 0 Å². The van der Waals surface area contributed by atoms with Crippen LogP contribution in [0.25, 0.3) is 0 Å². The summed E-state index contributed by atoms with van der Waals surface area (Å²) in [7, 11) is 0. The molecular weight excluding hydrogens is 282 g/mol. The molecule has 2 nitrogen and oxygen atoms in total. The average Bonchev–Trinajstić information content (AvgIpc) is 2.53. The highest BCUT2D eigenvalue weighted by Crippen LogP contribution is 2.14. The van der Waals surface area contributed by atoms with Gasteiger partial charge in [-0.1, -0.05) is 38.1 Å². The third-order valence-electron chi connectivity index (χ3n) is 3.40. The summed E-state index contributed by atoms with van der Waals surface area (Å²) < 4.78 is 27.5. The highest BCUT2D eigenvalue weighted by atomic mass is 19.1. The van der Waals surface area contributed by atoms with Crippen LogP contribution < -0.4 is 0 Å². The van der Waals surface area contributed by atoms with Gasteiger partial charge in [-0.15, -0.1) is 0 Å². The maximum atomic E-state index is 13.7. The number of rotatable bonds is 5. The van der Waals surface area contributed by atoms with Gasteiger partial charge in [0.1, 0.15) is 11.6 Å². The SMILES string of the molecule is CCc1ccc(/C=N/N=C/c2c(F)cc(CC)cc2F)cc1. The zero-order valence-electron chi connectivity index (χ0n) is 12.7. The molecule has 0 aliphatic rings. The molecule has 0 saturated carbocycles. The van der Waals surface area contributed by atoms with Crippen LogP contribution in [0.2, 0.25) is 0 Å². The minimum atomic E-state index is -0.622. The molecule has 0 amide bonds. The Bertz CT molecular complexity index is 666. The summed E-state index contributed by atoms with van der Waals surface area (Å²) >= 11 is 0. The molecule has 4 heteroatoms. The second kappa shape index (κ2) is 7.59. The van der Waals surface area contributed by atoms with E-state index in [9.17, 15) is 8.78 Å². The first-order chi connectivity index (χ1) is 10.6. The summed E-state index contributed by atoms with van der Waals surface area (Å²) in [5.74, 6) is -1.24. The highest BCUT2D eigenvalue weighted by molar-refractivity contribution is 5.83. The lowest BCUT2D eigenvalue weighted by Gasteiger charge is -2.01. The fraction of sp³-hybridized carbons (Fsp3) is 0.222. The topological polar surface area (TPSA) is 24.7 Å². The van der Waals surface area contributed by atoms with Crippen molar-refractivity contribution < 1.29 is 8.78 Å². The fourth-order valence-corrected chi connectivity index (χ4v) is 1.99. The van der Waals surface area contributed by atoms with Crippen LogP contribution in [0.3, 0.4) is 0 Å². The lowest BCUT2D eigenvalue weighted by molar-refractivity contribution is 0.577. The number of hydrogen-bond donors (Lipinski definition) is 0. The molecule has 0 saturated heterocycles. The summed E-state index contributed by atoms with van der Waals surface area (Å²) in [4.78, 5) is 0. The van der Waals surface area contributed by atoms with E-state index in [-0.39, 0.29) is 5.56 Å². The Labute approximate surface area is 129 Å². The lowest BCUT2D eigenvalue weighted by Crippen LogP contribution is -1.96. The Hall–Kier alpha value is -2.36. The molecule has 0 fully saturated rings. The number of halogens is 2. The summed E-state index contributed by atoms with van der Waals surface area (Å²) in [6, 6.07) is 10.5. The molecule has 2 aromatic carbocycles. The molecule has 0 atom stereocenters. The minimum Gasteiger partial charge on any atom is -0.206 e. The Morgan fingerprint density at radius 3 is 1.91 bits per heavy atom. The van der Waals surface area contributed by atoms with E-state index < -0.39 is 11.6 Å². The number of benzene rings is 2. The normalized spacial score (nSPS) is 11.6. The van der Waals surface area contributed by atoms with Crippen LogP contribution in [0, 0.1) is 11.6 Å². The third kappa shape index (κ3) is 4.07. The van der Waals surface area contributed by atoms with E-state index in [1.165, 1.54) is 17.7 Å². The predicted molar refractivity (Wildman–Crippen MR) is 86.7 cm³/mol. The van der Waals surface area contributed by atoms with Crippen molar-refractivity contribution in [2.24, 2.45) is 10.2 Å². The molecule has 0 heterocycles. The van der Waals surface area contributed by atoms with Crippen molar-refractivity contribution in [2.45, 2.75) is 26.7 Å². The van der Waals surface area contributed by atoms with Gasteiger partial charge in [-0.3, -0.25) is 0 Å². The highest BCUT2D eigenvalue weighted by Gasteiger charge is 2.08. The maximum Gasteiger partial charge on any atom is 0.135 e. The van der Waals surface area contributed by atoms with Crippen molar-refractivity contribution in [1.82, 2.24) is 0 Å². The Balaban J connectivity index is 2.10. The zero-order chi connectivity index (χ0) is 15.9. The van der Waals surface area contributed by atoms with Crippen molar-refractivity contribution in [2.75, 3.05) is 0 Å². The van der Waals surface area contributed by atoms with Crippen molar-refractivity contribution in [3.63, 3.8) is 0 Å². The monoisotopic (exact) mass is 300 g/mol. The van der Waals surface area contributed by atoms with Crippen LogP contribution in [-0.4, -0.2) is 12.4 Å². The first-order valence-corrected chi connectivity index (χ1v) is 7.27. The van der Waals surface area contributed by atoms with E-state index in [1.807, 2.05) is 31.2 Å². The van der Waals surface area contributed by atoms with Crippen molar-refractivity contribution >= 4 is 12.4 Å². The van der Waals surface area contributed by atoms with Gasteiger partial charge >= 0.3 is 0 Å². The van der Waals surface area contributed by atoms with Crippen molar-refractivity contribution in [3.05, 3.63) is 70.3 Å². The van der Waals surface area contributed by atoms with E-state index in [2.05, 4.69) is 17.1 Å². The van der Waals surface area contributed by atoms with Crippen LogP contribution >= 0.6 is 0 Å². The molecule has 2 rings (SSSR count). The quantitative estimate of drug-likeness (QED) is 0.572. The van der Waals surface area contributed by atoms with Crippen LogP contribution in [0.5, 0.6) is 0 Å². The van der Waals surface area contributed by atoms with E-state index in [4.69, 9.17) is 0 Å². The van der Waals surface area contributed by atoms with Gasteiger partial charge in [-0.25, -0.2) is 8.78 Å². The standard InChI is InChI=1S/C18H18F2N2/c1-3-13-5-7-15(8-6-13)11-21-22-12-16-17(19)9-14(4-2)10-18(16)20/h5-12H,3-4H2,1-2H3/b21-11+,22-12+. The van der Waals surface area contributed by atoms with Gasteiger partial charge in [0, 0.05) is 0 Å². The molecule has 2 aromatic rings. The van der Waals surface area contributed by atoms with Crippen molar-refractivity contribution in [1.29, 1.82) is 0 Å². The van der Waals surface area contributed by atoms with E-state index >= 15 is 0 Å². The van der Waals surface area contributed by atoms with Gasteiger partial charge in [0.2, 0.25) is 0 Å². The Morgan fingerprint density at radius 2 is 1.36 bits per heavy atom. The number of hydrogen-bond acceptors (Lipinski definition) is 2. The predicted octanol–water partition coefficient (Wildman–Crippen LogP) is 4.54. The van der Waals surface area contributed by atoms with Crippen LogP contribution in [0.1, 0.15) is 36.1 Å². The molecule has 0 aliphatic heterocycles. The van der Waals surface area contributed by atoms with Gasteiger partial charge in [0.05, 0.1) is 18.0 Å². The molecule has 0 bridgehead atoms. The molecule has 0 aromatic heterocycles. The van der Waals surface area contributed by atoms with E-state index in [0.717, 1.165) is 18.2 Å². The second-order valence-electron chi connectivity index (χ2n) is 4.91. The lowest BCUT2D eigenvalue weighted by atomic mass is 10.1. The minimum absolute atomic E-state index is 0.171. The maximum absolute atomic E-state index is 13.7. The molecular formula is C18H18F2N2. The molecule has 0 unspecified atom stereocenters. The summed E-state index contributed by atoms with van der Waals surface area (Å²) in [6.45, 7) is 3.93. The van der Waals surface area contributed by atoms with Crippen LogP contribution in [0.4, 0.5) is 8.78 Å². The molecule has 0 N–H and O–H groups in total. The van der Waals surface area contributed by atoms with Gasteiger partial charge < -0.3 is 0 Å². The van der Waals surface area contributed by atoms with Gasteiger partial charge in [0.25, 0.3) is 0 Å². The molecule has 0 aliphatic carbocycles. The van der Waals surface area contributed by atoms with Crippen molar-refractivity contribution in [3.8, 4) is 0 Å². The zero-order valence-corrected chi connectivity index (χ0v) is 12.7. The van der Waals surface area contributed by atoms with Gasteiger partial charge in [-0.05, 0) is 41.7 Å². The summed E-state index contributed by atoms with van der Waals surface area (Å²) in [6.07, 6.45) is 4.20. The first kappa shape index (κ1) is 16.0. The van der Waals surface area contributed by atoms with Gasteiger partial charge in [-0.2, -0.15) is 10.2 Å². The summed E-state index contributed by atoms with van der Waals surface area (Å²) in [5.41, 5.74) is 2.57. The molecule has 22 heavy (non-hydrogen) atoms. The Kier molecular flexibility index (Phi) is 5.53. The number of aryl methyl sites for hydroxylation is 2. The smallest absolute Gasteiger partial charge is 0.135 e. The fourth-order valence-electron chi connectivity index (χ4n) is 1.99. The first-order valence-electron chi connectivity index (χ1n) is 7.27. The van der Waals surface area contributed by atoms with E-state index in [0.29, 0.717) is 12.0 Å². The third-order valence-corrected chi connectivity index (χ3v) is 3.40. The largest absolute Gasteiger partial charge is 0.206 e.